The number of sulfonamides is 1. The van der Waals surface area contributed by atoms with Crippen molar-refractivity contribution in [3.05, 3.63) is 23.2 Å². The van der Waals surface area contributed by atoms with Gasteiger partial charge in [0.25, 0.3) is 0 Å². The van der Waals surface area contributed by atoms with E-state index in [0.29, 0.717) is 18.8 Å². The summed E-state index contributed by atoms with van der Waals surface area (Å²) < 4.78 is 26.3. The van der Waals surface area contributed by atoms with Gasteiger partial charge < -0.3 is 5.73 Å². The van der Waals surface area contributed by atoms with Gasteiger partial charge in [-0.25, -0.2) is 8.42 Å². The average molecular weight is 291 g/mol. The molecule has 0 aromatic heterocycles. The Morgan fingerprint density at radius 3 is 2.50 bits per heavy atom. The van der Waals surface area contributed by atoms with Crippen LogP contribution in [0, 0.1) is 5.92 Å². The van der Waals surface area contributed by atoms with E-state index in [4.69, 9.17) is 17.3 Å². The summed E-state index contributed by atoms with van der Waals surface area (Å²) in [5, 5.41) is 0.200. The SMILES string of the molecule is CCN(CC(C)C)S(=O)(=O)c1cc(N)ccc1Cl. The van der Waals surface area contributed by atoms with Crippen LogP contribution >= 0.6 is 11.6 Å². The van der Waals surface area contributed by atoms with Gasteiger partial charge in [0.1, 0.15) is 4.90 Å². The van der Waals surface area contributed by atoms with E-state index >= 15 is 0 Å². The lowest BCUT2D eigenvalue weighted by Gasteiger charge is -2.23. The predicted octanol–water partition coefficient (Wildman–Crippen LogP) is 2.59. The smallest absolute Gasteiger partial charge is 0.244 e. The molecule has 0 aliphatic heterocycles. The van der Waals surface area contributed by atoms with Gasteiger partial charge in [0, 0.05) is 18.8 Å². The van der Waals surface area contributed by atoms with Gasteiger partial charge in [-0.1, -0.05) is 32.4 Å². The molecule has 0 atom stereocenters. The van der Waals surface area contributed by atoms with Crippen LogP contribution in [0.5, 0.6) is 0 Å². The zero-order chi connectivity index (χ0) is 13.9. The van der Waals surface area contributed by atoms with Crippen molar-refractivity contribution in [2.75, 3.05) is 18.8 Å². The molecule has 2 N–H and O–H groups in total. The van der Waals surface area contributed by atoms with Crippen LogP contribution < -0.4 is 5.73 Å². The first-order chi connectivity index (χ1) is 8.28. The molecule has 102 valence electrons. The molecule has 0 radical (unpaired) electrons. The molecule has 0 saturated heterocycles. The maximum atomic E-state index is 12.5. The molecule has 0 unspecified atom stereocenters. The molecular weight excluding hydrogens is 272 g/mol. The van der Waals surface area contributed by atoms with Gasteiger partial charge in [-0.15, -0.1) is 0 Å². The van der Waals surface area contributed by atoms with Gasteiger partial charge in [0.05, 0.1) is 5.02 Å². The summed E-state index contributed by atoms with van der Waals surface area (Å²) >= 11 is 5.96. The van der Waals surface area contributed by atoms with E-state index in [9.17, 15) is 8.42 Å². The van der Waals surface area contributed by atoms with Crippen molar-refractivity contribution in [3.63, 3.8) is 0 Å². The number of nitrogens with zero attached hydrogens (tertiary/aromatic N) is 1. The first-order valence-electron chi connectivity index (χ1n) is 5.84. The molecule has 1 rings (SSSR count). The highest BCUT2D eigenvalue weighted by molar-refractivity contribution is 7.89. The molecule has 0 heterocycles. The van der Waals surface area contributed by atoms with Gasteiger partial charge in [-0.2, -0.15) is 4.31 Å². The number of nitrogen functional groups attached to an aromatic ring is 1. The van der Waals surface area contributed by atoms with Crippen molar-refractivity contribution in [1.82, 2.24) is 4.31 Å². The second kappa shape index (κ2) is 5.91. The van der Waals surface area contributed by atoms with Crippen LogP contribution in [0.25, 0.3) is 0 Å². The summed E-state index contributed by atoms with van der Waals surface area (Å²) in [4.78, 5) is 0.0756. The first-order valence-corrected chi connectivity index (χ1v) is 7.66. The van der Waals surface area contributed by atoms with Crippen LogP contribution in [-0.2, 0) is 10.0 Å². The van der Waals surface area contributed by atoms with Gasteiger partial charge in [0.15, 0.2) is 0 Å². The topological polar surface area (TPSA) is 63.4 Å². The molecule has 1 aromatic rings. The van der Waals surface area contributed by atoms with Crippen molar-refractivity contribution in [1.29, 1.82) is 0 Å². The molecule has 0 aliphatic rings. The Hall–Kier alpha value is -0.780. The van der Waals surface area contributed by atoms with E-state index in [1.54, 1.807) is 13.0 Å². The molecular formula is C12H19ClN2O2S. The summed E-state index contributed by atoms with van der Waals surface area (Å²) in [6.07, 6.45) is 0. The molecule has 0 spiro atoms. The lowest BCUT2D eigenvalue weighted by molar-refractivity contribution is 0.381. The third kappa shape index (κ3) is 3.37. The molecule has 0 amide bonds. The number of hydrogen-bond donors (Lipinski definition) is 1. The number of benzene rings is 1. The molecule has 6 heteroatoms. The maximum Gasteiger partial charge on any atom is 0.244 e. The van der Waals surface area contributed by atoms with Crippen LogP contribution in [0.4, 0.5) is 5.69 Å². The fourth-order valence-electron chi connectivity index (χ4n) is 1.66. The van der Waals surface area contributed by atoms with E-state index in [-0.39, 0.29) is 15.8 Å². The van der Waals surface area contributed by atoms with E-state index in [1.807, 2.05) is 13.8 Å². The van der Waals surface area contributed by atoms with Crippen LogP contribution in [0.15, 0.2) is 23.1 Å². The van der Waals surface area contributed by atoms with Gasteiger partial charge in [-0.05, 0) is 24.1 Å². The monoisotopic (exact) mass is 290 g/mol. The summed E-state index contributed by atoms with van der Waals surface area (Å²) in [5.41, 5.74) is 6.01. The number of anilines is 1. The van der Waals surface area contributed by atoms with Gasteiger partial charge >= 0.3 is 0 Å². The zero-order valence-corrected chi connectivity index (χ0v) is 12.4. The zero-order valence-electron chi connectivity index (χ0n) is 10.9. The Morgan fingerprint density at radius 2 is 2.00 bits per heavy atom. The Kier molecular flexibility index (Phi) is 5.01. The van der Waals surface area contributed by atoms with Crippen molar-refractivity contribution < 1.29 is 8.42 Å². The first kappa shape index (κ1) is 15.3. The van der Waals surface area contributed by atoms with E-state index in [1.165, 1.54) is 16.4 Å². The molecule has 0 saturated carbocycles. The second-order valence-electron chi connectivity index (χ2n) is 4.54. The fraction of sp³-hybridized carbons (Fsp3) is 0.500. The van der Waals surface area contributed by atoms with Crippen molar-refractivity contribution >= 4 is 27.3 Å². The predicted molar refractivity (Wildman–Crippen MR) is 75.1 cm³/mol. The number of hydrogen-bond acceptors (Lipinski definition) is 3. The largest absolute Gasteiger partial charge is 0.399 e. The molecule has 18 heavy (non-hydrogen) atoms. The number of halogens is 1. The standard InChI is InChI=1S/C12H19ClN2O2S/c1-4-15(8-9(2)3)18(16,17)12-7-10(14)5-6-11(12)13/h5-7,9H,4,8,14H2,1-3H3. The highest BCUT2D eigenvalue weighted by atomic mass is 35.5. The lowest BCUT2D eigenvalue weighted by Crippen LogP contribution is -2.34. The third-order valence-corrected chi connectivity index (χ3v) is 4.92. The maximum absolute atomic E-state index is 12.5. The van der Waals surface area contributed by atoms with Crippen molar-refractivity contribution in [2.24, 2.45) is 5.92 Å². The van der Waals surface area contributed by atoms with E-state index < -0.39 is 10.0 Å². The van der Waals surface area contributed by atoms with E-state index in [0.717, 1.165) is 0 Å². The Bertz CT molecular complexity index is 515. The molecule has 0 aliphatic carbocycles. The Morgan fingerprint density at radius 1 is 1.39 bits per heavy atom. The molecule has 0 fully saturated rings. The lowest BCUT2D eigenvalue weighted by atomic mass is 10.2. The summed E-state index contributed by atoms with van der Waals surface area (Å²) in [6, 6.07) is 4.49. The summed E-state index contributed by atoms with van der Waals surface area (Å²) in [6.45, 7) is 6.62. The Balaban J connectivity index is 3.22. The van der Waals surface area contributed by atoms with Crippen LogP contribution in [0.1, 0.15) is 20.8 Å². The van der Waals surface area contributed by atoms with E-state index in [2.05, 4.69) is 0 Å². The molecule has 4 nitrogen and oxygen atoms in total. The van der Waals surface area contributed by atoms with Crippen LogP contribution in [-0.4, -0.2) is 25.8 Å². The van der Waals surface area contributed by atoms with Crippen LogP contribution in [0.2, 0.25) is 5.02 Å². The molecule has 0 bridgehead atoms. The highest BCUT2D eigenvalue weighted by Crippen LogP contribution is 2.27. The van der Waals surface area contributed by atoms with Gasteiger partial charge in [0.2, 0.25) is 10.0 Å². The second-order valence-corrected chi connectivity index (χ2v) is 6.85. The average Bonchev–Trinajstić information content (AvgIpc) is 2.28. The number of nitrogens with two attached hydrogens (primary N) is 1. The van der Waals surface area contributed by atoms with Gasteiger partial charge in [-0.3, -0.25) is 0 Å². The number of rotatable bonds is 5. The quantitative estimate of drug-likeness (QED) is 0.848. The summed E-state index contributed by atoms with van der Waals surface area (Å²) in [7, 11) is -3.58. The van der Waals surface area contributed by atoms with Crippen molar-refractivity contribution in [3.8, 4) is 0 Å². The highest BCUT2D eigenvalue weighted by Gasteiger charge is 2.26. The minimum Gasteiger partial charge on any atom is -0.399 e. The van der Waals surface area contributed by atoms with Crippen LogP contribution in [0.3, 0.4) is 0 Å². The normalized spacial score (nSPS) is 12.3. The van der Waals surface area contributed by atoms with Crippen molar-refractivity contribution in [2.45, 2.75) is 25.7 Å². The minimum atomic E-state index is -3.58. The summed E-state index contributed by atoms with van der Waals surface area (Å²) in [5.74, 6) is 0.250. The minimum absolute atomic E-state index is 0.0756. The third-order valence-electron chi connectivity index (χ3n) is 2.49. The molecule has 1 aromatic carbocycles. The Labute approximate surface area is 114 Å². The fourth-order valence-corrected chi connectivity index (χ4v) is 3.78.